The van der Waals surface area contributed by atoms with Crippen LogP contribution in [0, 0.1) is 11.3 Å². The fraction of sp³-hybridized carbons (Fsp3) is 0.812. The van der Waals surface area contributed by atoms with Gasteiger partial charge in [0.1, 0.15) is 12.1 Å². The molecular weight excluding hydrogens is 550 g/mol. The Labute approximate surface area is 258 Å². The number of carbonyl (C=O) groups is 4. The van der Waals surface area contributed by atoms with Crippen LogP contribution in [0.1, 0.15) is 87.5 Å². The molecule has 0 spiro atoms. The highest BCUT2D eigenvalue weighted by molar-refractivity contribution is 5.97. The number of nitrogens with one attached hydrogen (secondary N) is 2. The van der Waals surface area contributed by atoms with Crippen LogP contribution < -0.4 is 10.6 Å². The zero-order valence-corrected chi connectivity index (χ0v) is 27.9. The molecule has 4 N–H and O–H groups in total. The summed E-state index contributed by atoms with van der Waals surface area (Å²) in [4.78, 5) is 59.4. The van der Waals surface area contributed by atoms with Gasteiger partial charge in [0, 0.05) is 25.2 Å². The molecule has 2 fully saturated rings. The number of nitrogens with zero attached hydrogens (tertiary/aromatic N) is 3. The van der Waals surface area contributed by atoms with E-state index in [1.54, 1.807) is 24.9 Å². The van der Waals surface area contributed by atoms with Crippen molar-refractivity contribution < 1.29 is 29.4 Å². The maximum absolute atomic E-state index is 14.1. The van der Waals surface area contributed by atoms with Crippen molar-refractivity contribution in [3.8, 4) is 0 Å². The third-order valence-corrected chi connectivity index (χ3v) is 8.75. The van der Waals surface area contributed by atoms with Crippen molar-refractivity contribution >= 4 is 23.6 Å². The van der Waals surface area contributed by atoms with Crippen LogP contribution in [0.2, 0.25) is 0 Å². The Morgan fingerprint density at radius 3 is 2.02 bits per heavy atom. The van der Waals surface area contributed by atoms with Gasteiger partial charge in [-0.3, -0.25) is 24.1 Å². The van der Waals surface area contributed by atoms with Crippen molar-refractivity contribution in [2.75, 3.05) is 33.4 Å². The minimum Gasteiger partial charge on any atom is -0.394 e. The van der Waals surface area contributed by atoms with Crippen molar-refractivity contribution in [3.05, 3.63) is 11.6 Å². The maximum Gasteiger partial charge on any atom is 0.249 e. The summed E-state index contributed by atoms with van der Waals surface area (Å²) in [6.07, 6.45) is 5.73. The summed E-state index contributed by atoms with van der Waals surface area (Å²) in [5.41, 5.74) is -0.129. The highest BCUT2D eigenvalue weighted by Crippen LogP contribution is 2.27. The highest BCUT2D eigenvalue weighted by Gasteiger charge is 2.40. The monoisotopic (exact) mass is 607 g/mol. The number of likely N-dealkylation sites (N-methyl/N-ethyl adjacent to an activating group) is 1. The number of hydrogen-bond donors (Lipinski definition) is 4. The van der Waals surface area contributed by atoms with Gasteiger partial charge in [0.05, 0.1) is 31.3 Å². The smallest absolute Gasteiger partial charge is 0.249 e. The van der Waals surface area contributed by atoms with Crippen LogP contribution in [0.5, 0.6) is 0 Å². The molecule has 11 heteroatoms. The molecule has 0 aromatic heterocycles. The van der Waals surface area contributed by atoms with Crippen LogP contribution in [-0.4, -0.2) is 118 Å². The SMILES string of the molecule is C/C(=C\[C@H](C(C)C)N(C)C(=O)C(NC(=O)C1CCCCN1C(C)C)C(C)(C)C)C(=O)N1CCC[C@H]1C(=O)NC(CO)CO. The van der Waals surface area contributed by atoms with Crippen molar-refractivity contribution in [2.45, 2.75) is 124 Å². The van der Waals surface area contributed by atoms with Gasteiger partial charge in [0.25, 0.3) is 0 Å². The molecule has 246 valence electrons. The summed E-state index contributed by atoms with van der Waals surface area (Å²) in [7, 11) is 1.71. The second kappa shape index (κ2) is 16.0. The molecule has 0 aromatic carbocycles. The number of likely N-dealkylation sites (tertiary alicyclic amines) is 2. The topological polar surface area (TPSA) is 143 Å². The van der Waals surface area contributed by atoms with Gasteiger partial charge in [-0.25, -0.2) is 0 Å². The summed E-state index contributed by atoms with van der Waals surface area (Å²) < 4.78 is 0. The van der Waals surface area contributed by atoms with E-state index in [4.69, 9.17) is 0 Å². The highest BCUT2D eigenvalue weighted by atomic mass is 16.3. The Morgan fingerprint density at radius 2 is 1.49 bits per heavy atom. The van der Waals surface area contributed by atoms with E-state index in [0.29, 0.717) is 25.0 Å². The van der Waals surface area contributed by atoms with Crippen molar-refractivity contribution in [1.29, 1.82) is 0 Å². The number of amides is 4. The zero-order valence-electron chi connectivity index (χ0n) is 27.9. The van der Waals surface area contributed by atoms with Gasteiger partial charge >= 0.3 is 0 Å². The predicted octanol–water partition coefficient (Wildman–Crippen LogP) is 1.67. The molecular formula is C32H57N5O6. The number of aliphatic hydroxyl groups excluding tert-OH is 2. The minimum absolute atomic E-state index is 0.0321. The summed E-state index contributed by atoms with van der Waals surface area (Å²) in [5.74, 6) is -1.07. The van der Waals surface area contributed by atoms with E-state index in [1.807, 2.05) is 34.6 Å². The van der Waals surface area contributed by atoms with Crippen LogP contribution in [0.3, 0.4) is 0 Å². The molecule has 0 saturated carbocycles. The minimum atomic E-state index is -0.783. The molecule has 2 unspecified atom stereocenters. The van der Waals surface area contributed by atoms with E-state index in [-0.39, 0.29) is 35.7 Å². The largest absolute Gasteiger partial charge is 0.394 e. The molecule has 0 bridgehead atoms. The van der Waals surface area contributed by atoms with Crippen molar-refractivity contribution in [1.82, 2.24) is 25.3 Å². The lowest BCUT2D eigenvalue weighted by Gasteiger charge is -2.41. The quantitative estimate of drug-likeness (QED) is 0.247. The molecule has 2 aliphatic rings. The van der Waals surface area contributed by atoms with E-state index in [1.165, 1.54) is 4.90 Å². The van der Waals surface area contributed by atoms with Gasteiger partial charge < -0.3 is 30.6 Å². The van der Waals surface area contributed by atoms with Gasteiger partial charge in [0.15, 0.2) is 0 Å². The molecule has 0 aromatic rings. The normalized spacial score (nSPS) is 21.7. The average Bonchev–Trinajstić information content (AvgIpc) is 3.45. The molecule has 43 heavy (non-hydrogen) atoms. The van der Waals surface area contributed by atoms with Gasteiger partial charge in [-0.2, -0.15) is 0 Å². The number of aliphatic hydroxyl groups is 2. The molecule has 0 aliphatic carbocycles. The summed E-state index contributed by atoms with van der Waals surface area (Å²) >= 11 is 0. The van der Waals surface area contributed by atoms with Gasteiger partial charge in [-0.05, 0) is 64.3 Å². The third kappa shape index (κ3) is 9.49. The molecule has 0 radical (unpaired) electrons. The molecule has 2 rings (SSSR count). The fourth-order valence-corrected chi connectivity index (χ4v) is 6.13. The number of hydrogen-bond acceptors (Lipinski definition) is 7. The lowest BCUT2D eigenvalue weighted by molar-refractivity contribution is -0.142. The molecule has 11 nitrogen and oxygen atoms in total. The molecule has 4 atom stereocenters. The Balaban J connectivity index is 2.26. The number of rotatable bonds is 12. The first-order valence-corrected chi connectivity index (χ1v) is 15.9. The van der Waals surface area contributed by atoms with Gasteiger partial charge in [-0.1, -0.05) is 47.1 Å². The molecule has 2 aliphatic heterocycles. The Kier molecular flexibility index (Phi) is 13.6. The first-order valence-electron chi connectivity index (χ1n) is 15.9. The Morgan fingerprint density at radius 1 is 0.907 bits per heavy atom. The predicted molar refractivity (Wildman–Crippen MR) is 167 cm³/mol. The average molecular weight is 608 g/mol. The number of piperidine rings is 1. The van der Waals surface area contributed by atoms with Crippen LogP contribution in [0.15, 0.2) is 11.6 Å². The first kappa shape index (κ1) is 36.7. The van der Waals surface area contributed by atoms with E-state index in [9.17, 15) is 29.4 Å². The molecule has 2 heterocycles. The molecule has 4 amide bonds. The summed E-state index contributed by atoms with van der Waals surface area (Å²) in [6, 6.07) is -2.71. The van der Waals surface area contributed by atoms with Crippen LogP contribution >= 0.6 is 0 Å². The fourth-order valence-electron chi connectivity index (χ4n) is 6.13. The van der Waals surface area contributed by atoms with E-state index < -0.39 is 48.7 Å². The van der Waals surface area contributed by atoms with Crippen LogP contribution in [0.4, 0.5) is 0 Å². The second-order valence-corrected chi connectivity index (χ2v) is 13.9. The number of carbonyl (C=O) groups excluding carboxylic acids is 4. The Hall–Kier alpha value is -2.50. The summed E-state index contributed by atoms with van der Waals surface area (Å²) in [5, 5.41) is 24.4. The lowest BCUT2D eigenvalue weighted by Crippen LogP contribution is -2.60. The van der Waals surface area contributed by atoms with Crippen LogP contribution in [-0.2, 0) is 19.2 Å². The third-order valence-electron chi connectivity index (χ3n) is 8.75. The lowest BCUT2D eigenvalue weighted by atomic mass is 9.84. The van der Waals surface area contributed by atoms with Gasteiger partial charge in [0.2, 0.25) is 23.6 Å². The van der Waals surface area contributed by atoms with Crippen molar-refractivity contribution in [3.63, 3.8) is 0 Å². The maximum atomic E-state index is 14.1. The molecule has 2 saturated heterocycles. The van der Waals surface area contributed by atoms with E-state index in [0.717, 1.165) is 25.8 Å². The Bertz CT molecular complexity index is 1000. The van der Waals surface area contributed by atoms with Crippen LogP contribution in [0.25, 0.3) is 0 Å². The van der Waals surface area contributed by atoms with Gasteiger partial charge in [-0.15, -0.1) is 0 Å². The standard InChI is InChI=1S/C32H57N5O6/c1-20(2)26(17-22(5)30(42)37-16-12-14-25(37)28(40)33-23(18-38)19-39)35(9)31(43)27(32(6,7)8)34-29(41)24-13-10-11-15-36(24)21(3)4/h17,20-21,23-27,38-39H,10-16,18-19H2,1-9H3,(H,33,40)(H,34,41)/b22-17+/t24?,25-,26+,27?/m0/s1. The van der Waals surface area contributed by atoms with E-state index >= 15 is 0 Å². The summed E-state index contributed by atoms with van der Waals surface area (Å²) in [6.45, 7) is 16.1. The van der Waals surface area contributed by atoms with Crippen molar-refractivity contribution in [2.24, 2.45) is 11.3 Å². The van der Waals surface area contributed by atoms with E-state index in [2.05, 4.69) is 29.4 Å². The second-order valence-electron chi connectivity index (χ2n) is 13.9. The zero-order chi connectivity index (χ0) is 32.6. The first-order chi connectivity index (χ1) is 20.0.